The Bertz CT molecular complexity index is 159. The number of hydrogen-bond acceptors (Lipinski definition) is 3. The standard InChI is InChI=1S/C11H24N2O/c1-9(8-14-3)13(2)7-6-11(12)10-4-5-10/h9-11H,4-8,12H2,1-3H3. The van der Waals surface area contributed by atoms with Gasteiger partial charge in [0.05, 0.1) is 6.61 Å². The molecule has 2 N–H and O–H groups in total. The Morgan fingerprint density at radius 2 is 2.14 bits per heavy atom. The minimum Gasteiger partial charge on any atom is -0.383 e. The van der Waals surface area contributed by atoms with Crippen LogP contribution in [0.3, 0.4) is 0 Å². The van der Waals surface area contributed by atoms with Crippen LogP contribution in [0.25, 0.3) is 0 Å². The molecular formula is C11H24N2O. The van der Waals surface area contributed by atoms with Gasteiger partial charge in [-0.05, 0) is 45.7 Å². The van der Waals surface area contributed by atoms with Gasteiger partial charge in [-0.1, -0.05) is 0 Å². The van der Waals surface area contributed by atoms with Gasteiger partial charge < -0.3 is 15.4 Å². The molecule has 0 spiro atoms. The lowest BCUT2D eigenvalue weighted by molar-refractivity contribution is 0.113. The third kappa shape index (κ3) is 3.95. The predicted octanol–water partition coefficient (Wildman–Crippen LogP) is 1.08. The van der Waals surface area contributed by atoms with Crippen molar-refractivity contribution in [3.63, 3.8) is 0 Å². The Labute approximate surface area is 87.6 Å². The maximum absolute atomic E-state index is 6.04. The van der Waals surface area contributed by atoms with E-state index in [2.05, 4.69) is 18.9 Å². The molecule has 0 aromatic carbocycles. The molecule has 0 saturated heterocycles. The van der Waals surface area contributed by atoms with Gasteiger partial charge in [0, 0.05) is 19.2 Å². The van der Waals surface area contributed by atoms with Crippen LogP contribution in [0, 0.1) is 5.92 Å². The molecule has 0 aromatic heterocycles. The van der Waals surface area contributed by atoms with Crippen LogP contribution < -0.4 is 5.73 Å². The summed E-state index contributed by atoms with van der Waals surface area (Å²) in [5.41, 5.74) is 6.04. The van der Waals surface area contributed by atoms with E-state index in [4.69, 9.17) is 10.5 Å². The monoisotopic (exact) mass is 200 g/mol. The van der Waals surface area contributed by atoms with E-state index < -0.39 is 0 Å². The molecule has 2 atom stereocenters. The van der Waals surface area contributed by atoms with Gasteiger partial charge in [0.15, 0.2) is 0 Å². The quantitative estimate of drug-likeness (QED) is 0.668. The third-order valence-electron chi connectivity index (χ3n) is 3.20. The average molecular weight is 200 g/mol. The van der Waals surface area contributed by atoms with Gasteiger partial charge in [0.1, 0.15) is 0 Å². The zero-order valence-corrected chi connectivity index (χ0v) is 9.70. The van der Waals surface area contributed by atoms with Crippen molar-refractivity contribution in [2.75, 3.05) is 27.3 Å². The normalized spacial score (nSPS) is 21.2. The van der Waals surface area contributed by atoms with Crippen LogP contribution in [0.1, 0.15) is 26.2 Å². The summed E-state index contributed by atoms with van der Waals surface area (Å²) in [7, 11) is 3.89. The molecule has 84 valence electrons. The first-order valence-electron chi connectivity index (χ1n) is 5.60. The number of methoxy groups -OCH3 is 1. The highest BCUT2D eigenvalue weighted by atomic mass is 16.5. The molecule has 0 heterocycles. The molecule has 2 unspecified atom stereocenters. The summed E-state index contributed by atoms with van der Waals surface area (Å²) in [5, 5.41) is 0. The Balaban J connectivity index is 2.09. The van der Waals surface area contributed by atoms with Gasteiger partial charge in [-0.25, -0.2) is 0 Å². The first kappa shape index (κ1) is 12.0. The van der Waals surface area contributed by atoms with Crippen molar-refractivity contribution in [2.24, 2.45) is 11.7 Å². The fourth-order valence-electron chi connectivity index (χ4n) is 1.70. The minimum atomic E-state index is 0.423. The molecule has 1 saturated carbocycles. The Morgan fingerprint density at radius 1 is 1.50 bits per heavy atom. The molecule has 1 aliphatic rings. The van der Waals surface area contributed by atoms with Gasteiger partial charge in [-0.15, -0.1) is 0 Å². The maximum atomic E-state index is 6.04. The molecule has 0 bridgehead atoms. The summed E-state index contributed by atoms with van der Waals surface area (Å²) in [4.78, 5) is 2.33. The molecular weight excluding hydrogens is 176 g/mol. The summed E-state index contributed by atoms with van der Waals surface area (Å²) >= 11 is 0. The predicted molar refractivity (Wildman–Crippen MR) is 59.3 cm³/mol. The van der Waals surface area contributed by atoms with Gasteiger partial charge in [0.2, 0.25) is 0 Å². The Kier molecular flexibility index (Phi) is 4.85. The minimum absolute atomic E-state index is 0.423. The van der Waals surface area contributed by atoms with E-state index in [1.807, 2.05) is 0 Å². The second-order valence-corrected chi connectivity index (χ2v) is 4.57. The highest BCUT2D eigenvalue weighted by molar-refractivity contribution is 4.84. The van der Waals surface area contributed by atoms with Crippen LogP contribution in [0.4, 0.5) is 0 Å². The highest BCUT2D eigenvalue weighted by Gasteiger charge is 2.28. The van der Waals surface area contributed by atoms with E-state index in [9.17, 15) is 0 Å². The van der Waals surface area contributed by atoms with E-state index in [1.165, 1.54) is 12.8 Å². The Morgan fingerprint density at radius 3 is 2.64 bits per heavy atom. The number of hydrogen-bond donors (Lipinski definition) is 1. The van der Waals surface area contributed by atoms with Gasteiger partial charge in [-0.2, -0.15) is 0 Å². The average Bonchev–Trinajstić information content (AvgIpc) is 2.97. The number of likely N-dealkylation sites (N-methyl/N-ethyl adjacent to an activating group) is 1. The van der Waals surface area contributed by atoms with Crippen molar-refractivity contribution in [1.82, 2.24) is 4.90 Å². The van der Waals surface area contributed by atoms with Crippen LogP contribution in [-0.4, -0.2) is 44.3 Å². The van der Waals surface area contributed by atoms with Crippen LogP contribution in [0.5, 0.6) is 0 Å². The zero-order chi connectivity index (χ0) is 10.6. The molecule has 1 aliphatic carbocycles. The second-order valence-electron chi connectivity index (χ2n) is 4.57. The lowest BCUT2D eigenvalue weighted by atomic mass is 10.1. The highest BCUT2D eigenvalue weighted by Crippen LogP contribution is 2.32. The SMILES string of the molecule is COCC(C)N(C)CCC(N)C1CC1. The molecule has 1 rings (SSSR count). The molecule has 0 amide bonds. The van der Waals surface area contributed by atoms with Gasteiger partial charge >= 0.3 is 0 Å². The number of nitrogens with two attached hydrogens (primary N) is 1. The van der Waals surface area contributed by atoms with Crippen molar-refractivity contribution in [2.45, 2.75) is 38.3 Å². The van der Waals surface area contributed by atoms with Crippen molar-refractivity contribution < 1.29 is 4.74 Å². The Hall–Kier alpha value is -0.120. The lowest BCUT2D eigenvalue weighted by Gasteiger charge is -2.25. The van der Waals surface area contributed by atoms with E-state index in [1.54, 1.807) is 7.11 Å². The van der Waals surface area contributed by atoms with Crippen LogP contribution in [0.2, 0.25) is 0 Å². The van der Waals surface area contributed by atoms with Crippen LogP contribution in [-0.2, 0) is 4.74 Å². The van der Waals surface area contributed by atoms with Crippen molar-refractivity contribution in [3.8, 4) is 0 Å². The summed E-state index contributed by atoms with van der Waals surface area (Å²) in [6.07, 6.45) is 3.81. The topological polar surface area (TPSA) is 38.5 Å². The fraction of sp³-hybridized carbons (Fsp3) is 1.00. The molecule has 0 aromatic rings. The van der Waals surface area contributed by atoms with E-state index in [-0.39, 0.29) is 0 Å². The van der Waals surface area contributed by atoms with E-state index in [0.717, 1.165) is 25.5 Å². The molecule has 0 aliphatic heterocycles. The summed E-state index contributed by atoms with van der Waals surface area (Å²) in [5.74, 6) is 0.820. The molecule has 1 fully saturated rings. The molecule has 0 radical (unpaired) electrons. The van der Waals surface area contributed by atoms with E-state index >= 15 is 0 Å². The summed E-state index contributed by atoms with van der Waals surface area (Å²) in [6, 6.07) is 0.915. The van der Waals surface area contributed by atoms with E-state index in [0.29, 0.717) is 12.1 Å². The van der Waals surface area contributed by atoms with Crippen LogP contribution in [0.15, 0.2) is 0 Å². The second kappa shape index (κ2) is 5.69. The first-order valence-corrected chi connectivity index (χ1v) is 5.60. The van der Waals surface area contributed by atoms with Gasteiger partial charge in [0.25, 0.3) is 0 Å². The third-order valence-corrected chi connectivity index (χ3v) is 3.20. The molecule has 3 heteroatoms. The fourth-order valence-corrected chi connectivity index (χ4v) is 1.70. The van der Waals surface area contributed by atoms with Crippen molar-refractivity contribution >= 4 is 0 Å². The maximum Gasteiger partial charge on any atom is 0.0615 e. The largest absolute Gasteiger partial charge is 0.383 e. The van der Waals surface area contributed by atoms with Crippen molar-refractivity contribution in [1.29, 1.82) is 0 Å². The smallest absolute Gasteiger partial charge is 0.0615 e. The summed E-state index contributed by atoms with van der Waals surface area (Å²) < 4.78 is 5.12. The molecule has 3 nitrogen and oxygen atoms in total. The van der Waals surface area contributed by atoms with Crippen molar-refractivity contribution in [3.05, 3.63) is 0 Å². The number of ether oxygens (including phenoxy) is 1. The zero-order valence-electron chi connectivity index (χ0n) is 9.70. The van der Waals surface area contributed by atoms with Crippen LogP contribution >= 0.6 is 0 Å². The number of rotatable bonds is 7. The number of nitrogens with zero attached hydrogens (tertiary/aromatic N) is 1. The van der Waals surface area contributed by atoms with Gasteiger partial charge in [-0.3, -0.25) is 0 Å². The molecule has 14 heavy (non-hydrogen) atoms. The first-order chi connectivity index (χ1) is 6.65. The lowest BCUT2D eigenvalue weighted by Crippen LogP contribution is -2.36. The summed E-state index contributed by atoms with van der Waals surface area (Å²) in [6.45, 7) is 4.07.